The maximum absolute atomic E-state index is 12.3. The molecule has 0 spiro atoms. The van der Waals surface area contributed by atoms with Crippen LogP contribution in [0.4, 0.5) is 0 Å². The van der Waals surface area contributed by atoms with E-state index in [1.54, 1.807) is 0 Å². The molecule has 0 aromatic heterocycles. The molecule has 4 nitrogen and oxygen atoms in total. The lowest BCUT2D eigenvalue weighted by molar-refractivity contribution is 0.320. The predicted octanol–water partition coefficient (Wildman–Crippen LogP) is 3.93. The Morgan fingerprint density at radius 3 is 1.71 bits per heavy atom. The van der Waals surface area contributed by atoms with Gasteiger partial charge < -0.3 is 9.84 Å². The Kier molecular flexibility index (Phi) is 4.58. The summed E-state index contributed by atoms with van der Waals surface area (Å²) in [5, 5.41) is 9.19. The van der Waals surface area contributed by atoms with Crippen molar-refractivity contribution in [2.24, 2.45) is 0 Å². The van der Waals surface area contributed by atoms with Gasteiger partial charge in [-0.3, -0.25) is 0 Å². The van der Waals surface area contributed by atoms with Crippen molar-refractivity contribution in [2.45, 2.75) is 13.8 Å². The van der Waals surface area contributed by atoms with Crippen LogP contribution >= 0.6 is 34.8 Å². The van der Waals surface area contributed by atoms with E-state index in [9.17, 15) is 13.5 Å². The summed E-state index contributed by atoms with van der Waals surface area (Å²) in [7, 11) is -3.68. The van der Waals surface area contributed by atoms with Crippen LogP contribution in [-0.4, -0.2) is 17.5 Å². The van der Waals surface area contributed by atoms with Crippen LogP contribution in [0.1, 0.15) is 0 Å². The molecule has 2 aromatic carbocycles. The zero-order valence-electron chi connectivity index (χ0n) is 10.3. The Hall–Kier alpha value is -1.14. The Bertz CT molecular complexity index is 720. The largest absolute Gasteiger partial charge is 0.508 e. The van der Waals surface area contributed by atoms with Crippen molar-refractivity contribution in [2.75, 3.05) is 0 Å². The van der Waals surface area contributed by atoms with Gasteiger partial charge in [-0.05, 0) is 83.3 Å². The molecule has 0 amide bonds. The van der Waals surface area contributed by atoms with Gasteiger partial charge >= 0.3 is 3.98 Å². The molecule has 0 fully saturated rings. The number of benzene rings is 2. The molecule has 0 heterocycles. The number of rotatable bonds is 3. The number of aromatic hydroxyl groups is 1. The molecule has 0 saturated heterocycles. The van der Waals surface area contributed by atoms with Crippen molar-refractivity contribution in [3.8, 4) is 11.5 Å². The second kappa shape index (κ2) is 5.93. The number of halogens is 3. The highest BCUT2D eigenvalue weighted by Gasteiger charge is 2.22. The third-order valence-corrected chi connectivity index (χ3v) is 4.53. The number of phenolic OH excluding ortho intramolecular Hbond substituents is 1. The maximum atomic E-state index is 12.3. The summed E-state index contributed by atoms with van der Waals surface area (Å²) in [6.07, 6.45) is 0. The molecule has 0 unspecified atom stereocenters. The molecule has 21 heavy (non-hydrogen) atoms. The molecular weight excluding hydrogens is 359 g/mol. The molecule has 2 rings (SSSR count). The third-order valence-electron chi connectivity index (χ3n) is 2.51. The fourth-order valence-electron chi connectivity index (χ4n) is 1.58. The van der Waals surface area contributed by atoms with Crippen LogP contribution in [-0.2, 0) is 9.84 Å². The fraction of sp³-hybridized carbons (Fsp3) is 0.0769. The monoisotopic (exact) mass is 366 g/mol. The van der Waals surface area contributed by atoms with Gasteiger partial charge in [-0.15, -0.1) is 0 Å². The Morgan fingerprint density at radius 2 is 1.29 bits per heavy atom. The molecule has 0 saturated carbocycles. The van der Waals surface area contributed by atoms with Crippen LogP contribution in [0.3, 0.4) is 0 Å². The lowest BCUT2D eigenvalue weighted by Gasteiger charge is -2.13. The Labute approximate surface area is 136 Å². The zero-order chi connectivity index (χ0) is 15.7. The van der Waals surface area contributed by atoms with E-state index in [-0.39, 0.29) is 21.3 Å². The topological polar surface area (TPSA) is 63.6 Å². The molecular formula is C13H9Cl3O4S. The van der Waals surface area contributed by atoms with Crippen LogP contribution in [0, 0.1) is 0 Å². The number of hydrogen-bond acceptors (Lipinski definition) is 4. The van der Waals surface area contributed by atoms with Crippen molar-refractivity contribution in [3.63, 3.8) is 0 Å². The lowest BCUT2D eigenvalue weighted by Crippen LogP contribution is -2.12. The van der Waals surface area contributed by atoms with Gasteiger partial charge in [-0.25, -0.2) is 8.42 Å². The first kappa shape index (κ1) is 16.2. The van der Waals surface area contributed by atoms with Gasteiger partial charge in [0.05, 0.1) is 9.79 Å². The van der Waals surface area contributed by atoms with Gasteiger partial charge in [-0.2, -0.15) is 0 Å². The quantitative estimate of drug-likeness (QED) is 0.835. The summed E-state index contributed by atoms with van der Waals surface area (Å²) < 4.78 is 27.7. The molecule has 8 heteroatoms. The predicted molar refractivity (Wildman–Crippen MR) is 80.9 cm³/mol. The molecule has 0 aliphatic heterocycles. The van der Waals surface area contributed by atoms with E-state index in [1.165, 1.54) is 48.5 Å². The van der Waals surface area contributed by atoms with Crippen molar-refractivity contribution in [1.82, 2.24) is 0 Å². The van der Waals surface area contributed by atoms with Crippen molar-refractivity contribution in [3.05, 3.63) is 48.5 Å². The number of sulfone groups is 1. The third kappa shape index (κ3) is 4.17. The second-order valence-electron chi connectivity index (χ2n) is 4.02. The van der Waals surface area contributed by atoms with E-state index in [0.717, 1.165) is 0 Å². The van der Waals surface area contributed by atoms with Crippen LogP contribution in [0.5, 0.6) is 11.5 Å². The number of ether oxygens (including phenoxy) is 1. The summed E-state index contributed by atoms with van der Waals surface area (Å²) in [6.45, 7) is 0. The first-order valence-corrected chi connectivity index (χ1v) is 8.20. The van der Waals surface area contributed by atoms with Gasteiger partial charge in [0.2, 0.25) is 9.84 Å². The van der Waals surface area contributed by atoms with Crippen molar-refractivity contribution >= 4 is 44.6 Å². The van der Waals surface area contributed by atoms with Gasteiger partial charge in [0.15, 0.2) is 0 Å². The maximum Gasteiger partial charge on any atom is 0.338 e. The first-order chi connectivity index (χ1) is 9.68. The average Bonchev–Trinajstić information content (AvgIpc) is 2.38. The van der Waals surface area contributed by atoms with Gasteiger partial charge in [0.1, 0.15) is 11.5 Å². The molecule has 0 atom stereocenters. The standard InChI is InChI=1S/C13H9Cl3O4S/c14-13(15,16)20-10-3-7-12(8-4-10)21(18,19)11-5-1-9(17)2-6-11/h1-8,17H. The zero-order valence-corrected chi connectivity index (χ0v) is 13.4. The van der Waals surface area contributed by atoms with Crippen LogP contribution in [0.15, 0.2) is 58.3 Å². The van der Waals surface area contributed by atoms with Crippen LogP contribution in [0.2, 0.25) is 0 Å². The van der Waals surface area contributed by atoms with Crippen LogP contribution < -0.4 is 4.74 Å². The van der Waals surface area contributed by atoms with Gasteiger partial charge in [0, 0.05) is 0 Å². The lowest BCUT2D eigenvalue weighted by atomic mass is 10.3. The van der Waals surface area contributed by atoms with Crippen molar-refractivity contribution < 1.29 is 18.3 Å². The van der Waals surface area contributed by atoms with Gasteiger partial charge in [-0.1, -0.05) is 0 Å². The van der Waals surface area contributed by atoms with Crippen molar-refractivity contribution in [1.29, 1.82) is 0 Å². The number of phenols is 1. The molecule has 0 bridgehead atoms. The minimum absolute atomic E-state index is 0.0135. The van der Waals surface area contributed by atoms with E-state index in [0.29, 0.717) is 0 Å². The average molecular weight is 368 g/mol. The fourth-order valence-corrected chi connectivity index (χ4v) is 3.11. The van der Waals surface area contributed by atoms with E-state index in [2.05, 4.69) is 0 Å². The summed E-state index contributed by atoms with van der Waals surface area (Å²) in [5.41, 5.74) is 0. The molecule has 0 aliphatic carbocycles. The summed E-state index contributed by atoms with van der Waals surface area (Å²) in [5.74, 6) is 0.208. The Balaban J connectivity index is 2.31. The molecule has 2 aromatic rings. The van der Waals surface area contributed by atoms with E-state index in [1.807, 2.05) is 0 Å². The minimum Gasteiger partial charge on any atom is -0.508 e. The SMILES string of the molecule is O=S(=O)(c1ccc(O)cc1)c1ccc(OC(Cl)(Cl)Cl)cc1. The number of alkyl halides is 3. The minimum atomic E-state index is -3.68. The van der Waals surface area contributed by atoms with E-state index in [4.69, 9.17) is 39.5 Å². The highest BCUT2D eigenvalue weighted by Crippen LogP contribution is 2.31. The van der Waals surface area contributed by atoms with Crippen LogP contribution in [0.25, 0.3) is 0 Å². The van der Waals surface area contributed by atoms with E-state index < -0.39 is 13.8 Å². The molecule has 1 N–H and O–H groups in total. The summed E-state index contributed by atoms with van der Waals surface area (Å²) in [4.78, 5) is 0.125. The summed E-state index contributed by atoms with van der Waals surface area (Å²) >= 11 is 16.4. The van der Waals surface area contributed by atoms with E-state index >= 15 is 0 Å². The number of hydrogen-bond donors (Lipinski definition) is 1. The highest BCUT2D eigenvalue weighted by molar-refractivity contribution is 7.91. The van der Waals surface area contributed by atoms with Gasteiger partial charge in [0.25, 0.3) is 0 Å². The summed E-state index contributed by atoms with van der Waals surface area (Å²) in [6, 6.07) is 10.7. The Morgan fingerprint density at radius 1 is 0.857 bits per heavy atom. The molecule has 112 valence electrons. The molecule has 0 aliphatic rings. The molecule has 0 radical (unpaired) electrons. The highest BCUT2D eigenvalue weighted by atomic mass is 35.6. The second-order valence-corrected chi connectivity index (χ2v) is 8.14. The normalized spacial score (nSPS) is 12.1. The first-order valence-electron chi connectivity index (χ1n) is 5.58. The smallest absolute Gasteiger partial charge is 0.338 e.